The third-order valence-electron chi connectivity index (χ3n) is 8.93. The summed E-state index contributed by atoms with van der Waals surface area (Å²) in [7, 11) is 0. The number of hydrogen-bond acceptors (Lipinski definition) is 4. The third kappa shape index (κ3) is 6.48. The average molecular weight is 579 g/mol. The minimum atomic E-state index is -0.424. The highest BCUT2D eigenvalue weighted by Crippen LogP contribution is 2.57. The Labute approximate surface area is 246 Å². The van der Waals surface area contributed by atoms with Gasteiger partial charge in [0.2, 0.25) is 11.8 Å². The van der Waals surface area contributed by atoms with Crippen LogP contribution in [0.1, 0.15) is 56.1 Å². The second-order valence-corrected chi connectivity index (χ2v) is 11.3. The summed E-state index contributed by atoms with van der Waals surface area (Å²) in [5.41, 5.74) is 20.4. The molecule has 10 nitrogen and oxygen atoms in total. The van der Waals surface area contributed by atoms with E-state index in [1.165, 1.54) is 5.57 Å². The van der Waals surface area contributed by atoms with Crippen molar-refractivity contribution in [3.8, 4) is 0 Å². The van der Waals surface area contributed by atoms with E-state index >= 15 is 0 Å². The zero-order chi connectivity index (χ0) is 28.3. The maximum atomic E-state index is 13.4. The topological polar surface area (TPSA) is 176 Å². The molecule has 1 aliphatic heterocycles. The number of amides is 2. The van der Waals surface area contributed by atoms with Gasteiger partial charge >= 0.3 is 0 Å². The van der Waals surface area contributed by atoms with E-state index < -0.39 is 10.8 Å². The lowest BCUT2D eigenvalue weighted by Crippen LogP contribution is -2.52. The minimum absolute atomic E-state index is 0. The molecule has 41 heavy (non-hydrogen) atoms. The number of benzene rings is 2. The predicted molar refractivity (Wildman–Crippen MR) is 166 cm³/mol. The van der Waals surface area contributed by atoms with Gasteiger partial charge in [-0.1, -0.05) is 30.3 Å². The van der Waals surface area contributed by atoms with Crippen LogP contribution in [0.3, 0.4) is 0 Å². The second kappa shape index (κ2) is 12.2. The summed E-state index contributed by atoms with van der Waals surface area (Å²) in [5, 5.41) is 13.8. The molecule has 0 spiro atoms. The Hall–Kier alpha value is -4.05. The monoisotopic (exact) mass is 578 g/mol. The lowest BCUT2D eigenvalue weighted by atomic mass is 9.53. The first-order chi connectivity index (χ1) is 19.2. The number of nitrogens with zero attached hydrogens (tertiary/aromatic N) is 2. The number of nitrogens with one attached hydrogen (secondary N) is 3. The van der Waals surface area contributed by atoms with Crippen molar-refractivity contribution >= 4 is 53.1 Å². The summed E-state index contributed by atoms with van der Waals surface area (Å²) in [6.07, 6.45) is 7.18. The fraction of sp³-hybridized carbons (Fsp3) is 0.400. The van der Waals surface area contributed by atoms with Gasteiger partial charge in [-0.15, -0.1) is 12.4 Å². The lowest BCUT2D eigenvalue weighted by molar-refractivity contribution is -0.144. The van der Waals surface area contributed by atoms with Crippen LogP contribution < -0.4 is 27.8 Å². The van der Waals surface area contributed by atoms with E-state index in [0.717, 1.165) is 35.5 Å². The quantitative estimate of drug-likeness (QED) is 0.215. The number of hydrogen-bond donors (Lipinski definition) is 6. The summed E-state index contributed by atoms with van der Waals surface area (Å²) in [5.74, 6) is 0.240. The molecule has 2 aromatic carbocycles. The van der Waals surface area contributed by atoms with Crippen LogP contribution in [0.25, 0.3) is 5.57 Å². The molecule has 2 bridgehead atoms. The number of anilines is 2. The van der Waals surface area contributed by atoms with Gasteiger partial charge in [-0.25, -0.2) is 4.99 Å². The first-order valence-electron chi connectivity index (χ1n) is 13.8. The van der Waals surface area contributed by atoms with Crippen LogP contribution in [0.2, 0.25) is 0 Å². The van der Waals surface area contributed by atoms with Crippen LogP contribution in [0.4, 0.5) is 11.4 Å². The van der Waals surface area contributed by atoms with Crippen LogP contribution >= 0.6 is 12.4 Å². The van der Waals surface area contributed by atoms with E-state index in [4.69, 9.17) is 22.6 Å². The fourth-order valence-electron chi connectivity index (χ4n) is 6.19. The van der Waals surface area contributed by atoms with E-state index in [1.54, 1.807) is 0 Å². The van der Waals surface area contributed by atoms with Gasteiger partial charge in [0.05, 0.1) is 6.54 Å². The Kier molecular flexibility index (Phi) is 8.92. The summed E-state index contributed by atoms with van der Waals surface area (Å²) >= 11 is 0. The van der Waals surface area contributed by atoms with Crippen LogP contribution in [0, 0.1) is 16.2 Å². The summed E-state index contributed by atoms with van der Waals surface area (Å²) in [6.45, 7) is 1.76. The minimum Gasteiger partial charge on any atom is -0.370 e. The molecule has 4 aliphatic rings. The van der Waals surface area contributed by atoms with Crippen LogP contribution in [0.5, 0.6) is 0 Å². The highest BCUT2D eigenvalue weighted by molar-refractivity contribution is 5.98. The lowest BCUT2D eigenvalue weighted by Gasteiger charge is -2.51. The molecule has 3 aliphatic carbocycles. The van der Waals surface area contributed by atoms with E-state index in [0.29, 0.717) is 51.6 Å². The highest BCUT2D eigenvalue weighted by atomic mass is 35.5. The van der Waals surface area contributed by atoms with Gasteiger partial charge < -0.3 is 32.7 Å². The molecule has 2 aromatic rings. The van der Waals surface area contributed by atoms with Gasteiger partial charge in [0.15, 0.2) is 11.9 Å². The Morgan fingerprint density at radius 2 is 1.32 bits per heavy atom. The van der Waals surface area contributed by atoms with Crippen molar-refractivity contribution in [3.63, 3.8) is 0 Å². The van der Waals surface area contributed by atoms with Gasteiger partial charge in [-0.3, -0.25) is 15.0 Å². The number of carbonyl (C=O) groups excluding carboxylic acids is 2. The molecule has 1 heterocycles. The molecule has 0 atom stereocenters. The van der Waals surface area contributed by atoms with E-state index in [-0.39, 0.29) is 36.1 Å². The van der Waals surface area contributed by atoms with Gasteiger partial charge in [0.25, 0.3) is 0 Å². The number of carbonyl (C=O) groups is 2. The zero-order valence-corrected chi connectivity index (χ0v) is 23.9. The molecule has 6 rings (SSSR count). The SMILES string of the molecule is Cl.N=C(N)N1CC=C(c2ccc(NC(=O)C34CCC(C(=O)Nc5ccc(CN=C(N)N)cc5)(CC3)CC4)cc2)CC1. The molecular weight excluding hydrogens is 540 g/mol. The number of guanidine groups is 2. The molecule has 3 fully saturated rings. The molecule has 9 N–H and O–H groups in total. The first kappa shape index (κ1) is 29.9. The maximum absolute atomic E-state index is 13.4. The Morgan fingerprint density at radius 3 is 1.73 bits per heavy atom. The standard InChI is InChI=1S/C30H38N8O2.ClH/c31-27(32)35-19-20-1-5-23(6-2-20)36-25(39)29-11-14-30(15-12-29,16-13-29)26(40)37-24-7-3-21(4-8-24)22-9-17-38(18-10-22)28(33)34;/h1-9H,10-19H2,(H3,33,34)(H,36,39)(H,37,40)(H4,31,32,35);1H. The predicted octanol–water partition coefficient (Wildman–Crippen LogP) is 3.78. The average Bonchev–Trinajstić information content (AvgIpc) is 2.98. The maximum Gasteiger partial charge on any atom is 0.230 e. The van der Waals surface area contributed by atoms with Crippen LogP contribution in [-0.4, -0.2) is 41.7 Å². The number of aliphatic imine (C=N–C) groups is 1. The van der Waals surface area contributed by atoms with Gasteiger partial charge in [-0.2, -0.15) is 0 Å². The summed E-state index contributed by atoms with van der Waals surface area (Å²) in [6, 6.07) is 15.5. The number of fused-ring (bicyclic) bond motifs is 3. The van der Waals surface area contributed by atoms with Gasteiger partial charge in [0.1, 0.15) is 0 Å². The van der Waals surface area contributed by atoms with Crippen molar-refractivity contribution in [2.24, 2.45) is 33.0 Å². The molecule has 0 saturated heterocycles. The van der Waals surface area contributed by atoms with Crippen molar-refractivity contribution < 1.29 is 9.59 Å². The van der Waals surface area contributed by atoms with Crippen molar-refractivity contribution in [3.05, 3.63) is 65.7 Å². The first-order valence-corrected chi connectivity index (χ1v) is 13.8. The van der Waals surface area contributed by atoms with Crippen molar-refractivity contribution in [2.75, 3.05) is 23.7 Å². The molecule has 0 radical (unpaired) electrons. The Bertz CT molecular complexity index is 1330. The van der Waals surface area contributed by atoms with Gasteiger partial charge in [-0.05, 0) is 85.9 Å². The van der Waals surface area contributed by atoms with E-state index in [1.807, 2.05) is 53.4 Å². The highest BCUT2D eigenvalue weighted by Gasteiger charge is 2.55. The smallest absolute Gasteiger partial charge is 0.230 e. The normalized spacial score (nSPS) is 23.0. The number of nitrogens with two attached hydrogens (primary N) is 3. The van der Waals surface area contributed by atoms with E-state index in [2.05, 4.69) is 21.7 Å². The number of rotatable bonds is 7. The molecular formula is C30H39ClN8O2. The molecule has 0 unspecified atom stereocenters. The van der Waals surface area contributed by atoms with E-state index in [9.17, 15) is 9.59 Å². The largest absolute Gasteiger partial charge is 0.370 e. The zero-order valence-electron chi connectivity index (χ0n) is 23.1. The molecule has 218 valence electrons. The molecule has 2 amide bonds. The van der Waals surface area contributed by atoms with Crippen LogP contribution in [-0.2, 0) is 16.1 Å². The second-order valence-electron chi connectivity index (χ2n) is 11.3. The van der Waals surface area contributed by atoms with Crippen molar-refractivity contribution in [1.29, 1.82) is 5.41 Å². The third-order valence-corrected chi connectivity index (χ3v) is 8.93. The summed E-state index contributed by atoms with van der Waals surface area (Å²) in [4.78, 5) is 32.6. The Balaban J connectivity index is 0.00000387. The molecule has 11 heteroatoms. The van der Waals surface area contributed by atoms with Crippen molar-refractivity contribution in [2.45, 2.75) is 51.5 Å². The van der Waals surface area contributed by atoms with Crippen LogP contribution in [0.15, 0.2) is 59.6 Å². The summed E-state index contributed by atoms with van der Waals surface area (Å²) < 4.78 is 0. The Morgan fingerprint density at radius 1 is 0.829 bits per heavy atom. The van der Waals surface area contributed by atoms with Gasteiger partial charge in [0, 0.05) is 35.3 Å². The fourth-order valence-corrected chi connectivity index (χ4v) is 6.19. The molecule has 0 aromatic heterocycles. The molecule has 3 saturated carbocycles. The number of halogens is 1. The van der Waals surface area contributed by atoms with Crippen molar-refractivity contribution in [1.82, 2.24) is 4.90 Å².